The summed E-state index contributed by atoms with van der Waals surface area (Å²) < 4.78 is 10.8. The Bertz CT molecular complexity index is 1200. The molecular formula is C23H30BrN9O4. The van der Waals surface area contributed by atoms with Crippen molar-refractivity contribution in [2.45, 2.75) is 6.54 Å². The zero-order chi connectivity index (χ0) is 26.6. The number of hydrogen-bond donors (Lipinski definition) is 4. The summed E-state index contributed by atoms with van der Waals surface area (Å²) in [5.74, 6) is -0.0363. The topological polar surface area (TPSA) is 183 Å². The van der Waals surface area contributed by atoms with E-state index in [0.29, 0.717) is 68.5 Å². The highest BCUT2D eigenvalue weighted by Gasteiger charge is 2.11. The normalized spacial score (nSPS) is 10.9. The summed E-state index contributed by atoms with van der Waals surface area (Å²) in [5, 5.41) is 5.78. The van der Waals surface area contributed by atoms with Crippen LogP contribution in [0.4, 0.5) is 17.5 Å². The van der Waals surface area contributed by atoms with Crippen LogP contribution in [0.5, 0.6) is 0 Å². The summed E-state index contributed by atoms with van der Waals surface area (Å²) in [6, 6.07) is 7.22. The van der Waals surface area contributed by atoms with Crippen molar-refractivity contribution in [2.24, 2.45) is 0 Å². The molecule has 0 atom stereocenters. The van der Waals surface area contributed by atoms with Crippen LogP contribution in [0.2, 0.25) is 0 Å². The number of ether oxygens (including phenoxy) is 2. The van der Waals surface area contributed by atoms with Gasteiger partial charge in [-0.25, -0.2) is 9.97 Å². The van der Waals surface area contributed by atoms with Gasteiger partial charge in [-0.1, -0.05) is 15.9 Å². The van der Waals surface area contributed by atoms with Crippen LogP contribution in [-0.2, 0) is 20.8 Å². The first kappa shape index (κ1) is 28.0. The number of nitrogens with one attached hydrogen (secondary N) is 2. The predicted octanol–water partition coefficient (Wildman–Crippen LogP) is 0.495. The second kappa shape index (κ2) is 14.2. The van der Waals surface area contributed by atoms with Gasteiger partial charge in [-0.3, -0.25) is 9.59 Å². The molecule has 0 aliphatic rings. The van der Waals surface area contributed by atoms with E-state index in [1.165, 1.54) is 0 Å². The predicted molar refractivity (Wildman–Crippen MR) is 143 cm³/mol. The van der Waals surface area contributed by atoms with E-state index in [0.717, 1.165) is 5.69 Å². The average Bonchev–Trinajstić information content (AvgIpc) is 2.89. The van der Waals surface area contributed by atoms with E-state index >= 15 is 0 Å². The summed E-state index contributed by atoms with van der Waals surface area (Å²) in [5.41, 5.74) is 14.4. The van der Waals surface area contributed by atoms with Gasteiger partial charge < -0.3 is 36.5 Å². The summed E-state index contributed by atoms with van der Waals surface area (Å²) in [6.07, 6.45) is 1.62. The molecule has 0 saturated heterocycles. The van der Waals surface area contributed by atoms with E-state index in [9.17, 15) is 9.59 Å². The summed E-state index contributed by atoms with van der Waals surface area (Å²) in [7, 11) is 1.91. The van der Waals surface area contributed by atoms with Crippen molar-refractivity contribution in [1.82, 2.24) is 30.6 Å². The molecule has 0 unspecified atom stereocenters. The first-order chi connectivity index (χ1) is 17.9. The van der Waals surface area contributed by atoms with E-state index in [2.05, 4.69) is 46.5 Å². The molecule has 0 spiro atoms. The Kier molecular flexibility index (Phi) is 10.7. The molecule has 14 heteroatoms. The third-order valence-corrected chi connectivity index (χ3v) is 5.57. The van der Waals surface area contributed by atoms with E-state index in [1.54, 1.807) is 18.3 Å². The van der Waals surface area contributed by atoms with Gasteiger partial charge in [0.25, 0.3) is 5.91 Å². The van der Waals surface area contributed by atoms with Gasteiger partial charge >= 0.3 is 0 Å². The molecule has 3 rings (SSSR count). The first-order valence-electron chi connectivity index (χ1n) is 11.5. The lowest BCUT2D eigenvalue weighted by molar-refractivity contribution is -0.118. The van der Waals surface area contributed by atoms with Gasteiger partial charge in [0.15, 0.2) is 17.0 Å². The highest BCUT2D eigenvalue weighted by atomic mass is 79.9. The molecule has 1 aromatic carbocycles. The molecule has 0 saturated carbocycles. The number of halogens is 1. The maximum Gasteiger partial charge on any atom is 0.251 e. The number of aromatic nitrogens is 4. The second-order valence-electron chi connectivity index (χ2n) is 7.87. The molecule has 0 radical (unpaired) electrons. The van der Waals surface area contributed by atoms with Crippen molar-refractivity contribution in [3.63, 3.8) is 0 Å². The highest BCUT2D eigenvalue weighted by molar-refractivity contribution is 9.09. The zero-order valence-electron chi connectivity index (χ0n) is 20.4. The number of fused-ring (bicyclic) bond motifs is 1. The number of nitrogens with two attached hydrogens (primary N) is 2. The molecule has 0 aliphatic heterocycles. The van der Waals surface area contributed by atoms with Crippen LogP contribution in [0, 0.1) is 0 Å². The first-order valence-corrected chi connectivity index (χ1v) is 12.6. The van der Waals surface area contributed by atoms with Crippen molar-refractivity contribution in [3.05, 3.63) is 41.7 Å². The number of hydrogen-bond acceptors (Lipinski definition) is 11. The molecule has 6 N–H and O–H groups in total. The number of amides is 2. The van der Waals surface area contributed by atoms with Crippen LogP contribution in [0.25, 0.3) is 11.2 Å². The number of benzene rings is 1. The van der Waals surface area contributed by atoms with Crippen molar-refractivity contribution in [3.8, 4) is 0 Å². The minimum absolute atomic E-state index is 0.0520. The zero-order valence-corrected chi connectivity index (χ0v) is 22.0. The van der Waals surface area contributed by atoms with Crippen LogP contribution < -0.4 is 27.0 Å². The van der Waals surface area contributed by atoms with E-state index < -0.39 is 0 Å². The minimum Gasteiger partial charge on any atom is -0.382 e. The Balaban J connectivity index is 1.37. The van der Waals surface area contributed by atoms with Crippen LogP contribution in [0.1, 0.15) is 16.1 Å². The van der Waals surface area contributed by atoms with Gasteiger partial charge in [0, 0.05) is 31.4 Å². The largest absolute Gasteiger partial charge is 0.382 e. The molecule has 0 bridgehead atoms. The fourth-order valence-corrected chi connectivity index (χ4v) is 3.43. The Morgan fingerprint density at radius 2 is 1.65 bits per heavy atom. The van der Waals surface area contributed by atoms with Gasteiger partial charge in [0.05, 0.1) is 50.2 Å². The van der Waals surface area contributed by atoms with E-state index in [-0.39, 0.29) is 28.9 Å². The fraction of sp³-hybridized carbons (Fsp3) is 0.391. The molecule has 0 aliphatic carbocycles. The maximum absolute atomic E-state index is 12.4. The summed E-state index contributed by atoms with van der Waals surface area (Å²) >= 11 is 3.07. The number of carbonyl (C=O) groups excluding carboxylic acids is 2. The number of nitrogen functional groups attached to an aromatic ring is 2. The van der Waals surface area contributed by atoms with E-state index in [1.807, 2.05) is 24.1 Å². The molecule has 2 amide bonds. The third kappa shape index (κ3) is 8.77. The molecule has 198 valence electrons. The Labute approximate surface area is 222 Å². The van der Waals surface area contributed by atoms with Gasteiger partial charge in [-0.2, -0.15) is 9.97 Å². The smallest absolute Gasteiger partial charge is 0.251 e. The quantitative estimate of drug-likeness (QED) is 0.155. The van der Waals surface area contributed by atoms with Crippen molar-refractivity contribution in [2.75, 3.05) is 68.3 Å². The second-order valence-corrected chi connectivity index (χ2v) is 8.43. The summed E-state index contributed by atoms with van der Waals surface area (Å²) in [4.78, 5) is 42.1. The Hall–Kier alpha value is -3.62. The number of carbonyl (C=O) groups is 2. The minimum atomic E-state index is -0.188. The van der Waals surface area contributed by atoms with Crippen LogP contribution in [0.3, 0.4) is 0 Å². The molecule has 0 fully saturated rings. The molecular weight excluding hydrogens is 546 g/mol. The van der Waals surface area contributed by atoms with Gasteiger partial charge in [0.1, 0.15) is 0 Å². The van der Waals surface area contributed by atoms with Crippen molar-refractivity contribution < 1.29 is 19.1 Å². The van der Waals surface area contributed by atoms with E-state index in [4.69, 9.17) is 20.9 Å². The van der Waals surface area contributed by atoms with Gasteiger partial charge in [-0.05, 0) is 24.3 Å². The van der Waals surface area contributed by atoms with Crippen LogP contribution >= 0.6 is 15.9 Å². The Morgan fingerprint density at radius 3 is 2.32 bits per heavy atom. The lowest BCUT2D eigenvalue weighted by Gasteiger charge is -2.19. The number of alkyl halides is 1. The van der Waals surface area contributed by atoms with Gasteiger partial charge in [0.2, 0.25) is 11.9 Å². The van der Waals surface area contributed by atoms with Crippen molar-refractivity contribution >= 4 is 56.4 Å². The monoisotopic (exact) mass is 575 g/mol. The fourth-order valence-electron chi connectivity index (χ4n) is 3.23. The van der Waals surface area contributed by atoms with Crippen LogP contribution in [0.15, 0.2) is 30.5 Å². The number of anilines is 3. The lowest BCUT2D eigenvalue weighted by atomic mass is 10.2. The van der Waals surface area contributed by atoms with Crippen molar-refractivity contribution in [1.29, 1.82) is 0 Å². The highest BCUT2D eigenvalue weighted by Crippen LogP contribution is 2.18. The lowest BCUT2D eigenvalue weighted by Crippen LogP contribution is -2.29. The standard InChI is InChI=1S/C23H30BrN9O4/c1-33(14-16-13-29-21-19(30-16)20(25)31-23(26)32-21)17-4-2-15(3-5-17)22(35)28-7-9-37-11-10-36-8-6-27-18(34)12-24/h2-5,13H,6-12,14H2,1H3,(H,27,34)(H,28,35)(H4,25,26,29,31,32). The van der Waals surface area contributed by atoms with Gasteiger partial charge in [-0.15, -0.1) is 0 Å². The molecule has 37 heavy (non-hydrogen) atoms. The molecule has 2 heterocycles. The average molecular weight is 576 g/mol. The molecule has 3 aromatic rings. The summed E-state index contributed by atoms with van der Waals surface area (Å²) in [6.45, 7) is 2.88. The SMILES string of the molecule is CN(Cc1cnc2nc(N)nc(N)c2n1)c1ccc(C(=O)NCCOCCOCCNC(=O)CBr)cc1. The number of nitrogens with zero attached hydrogens (tertiary/aromatic N) is 5. The molecule has 2 aromatic heterocycles. The maximum atomic E-state index is 12.4. The van der Waals surface area contributed by atoms with Crippen LogP contribution in [-0.4, -0.2) is 83.6 Å². The number of rotatable bonds is 14. The Morgan fingerprint density at radius 1 is 0.973 bits per heavy atom. The molecule has 13 nitrogen and oxygen atoms in total. The third-order valence-electron chi connectivity index (χ3n) is 5.06.